The van der Waals surface area contributed by atoms with E-state index in [0.717, 1.165) is 6.42 Å². The molecule has 0 aliphatic carbocycles. The average Bonchev–Trinajstić information content (AvgIpc) is 3.12. The average molecular weight is 406 g/mol. The Hall–Kier alpha value is -2.94. The molecule has 28 heavy (non-hydrogen) atoms. The van der Waals surface area contributed by atoms with E-state index in [9.17, 15) is 13.2 Å². The molecule has 8 nitrogen and oxygen atoms in total. The third-order valence-corrected chi connectivity index (χ3v) is 5.84. The lowest BCUT2D eigenvalue weighted by atomic mass is 10.2. The fraction of sp³-hybridized carbons (Fsp3) is 0.316. The van der Waals surface area contributed by atoms with Gasteiger partial charge in [0.2, 0.25) is 5.91 Å². The van der Waals surface area contributed by atoms with E-state index in [1.165, 1.54) is 39.5 Å². The number of methoxy groups -OCH3 is 3. The largest absolute Gasteiger partial charge is 0.495 e. The van der Waals surface area contributed by atoms with Gasteiger partial charge in [-0.3, -0.25) is 9.52 Å². The van der Waals surface area contributed by atoms with Crippen molar-refractivity contribution < 1.29 is 27.4 Å². The molecular formula is C19H22N2O6S. The van der Waals surface area contributed by atoms with Gasteiger partial charge in [-0.25, -0.2) is 8.42 Å². The van der Waals surface area contributed by atoms with Gasteiger partial charge in [0.25, 0.3) is 10.0 Å². The number of ether oxygens (including phenoxy) is 3. The van der Waals surface area contributed by atoms with Crippen LogP contribution >= 0.6 is 0 Å². The number of sulfonamides is 1. The maximum atomic E-state index is 12.9. The molecule has 1 amide bonds. The van der Waals surface area contributed by atoms with Gasteiger partial charge in [0.05, 0.1) is 37.6 Å². The maximum Gasteiger partial charge on any atom is 0.261 e. The summed E-state index contributed by atoms with van der Waals surface area (Å²) in [6, 6.07) is 9.15. The summed E-state index contributed by atoms with van der Waals surface area (Å²) >= 11 is 0. The molecule has 2 aromatic carbocycles. The Kier molecular flexibility index (Phi) is 5.64. The molecule has 0 unspecified atom stereocenters. The van der Waals surface area contributed by atoms with Crippen molar-refractivity contribution in [3.8, 4) is 17.2 Å². The van der Waals surface area contributed by atoms with Gasteiger partial charge >= 0.3 is 0 Å². The molecule has 0 aromatic heterocycles. The first-order chi connectivity index (χ1) is 13.4. The van der Waals surface area contributed by atoms with Gasteiger partial charge in [-0.2, -0.15) is 0 Å². The number of hydrogen-bond donors (Lipinski definition) is 1. The van der Waals surface area contributed by atoms with Gasteiger partial charge in [-0.15, -0.1) is 0 Å². The number of anilines is 2. The Morgan fingerprint density at radius 2 is 1.61 bits per heavy atom. The lowest BCUT2D eigenvalue weighted by molar-refractivity contribution is -0.117. The second-order valence-corrected chi connectivity index (χ2v) is 7.84. The minimum Gasteiger partial charge on any atom is -0.495 e. The van der Waals surface area contributed by atoms with Gasteiger partial charge < -0.3 is 19.1 Å². The summed E-state index contributed by atoms with van der Waals surface area (Å²) in [6.07, 6.45) is 1.16. The second-order valence-electron chi connectivity index (χ2n) is 6.16. The van der Waals surface area contributed by atoms with Gasteiger partial charge in [-0.1, -0.05) is 0 Å². The third kappa shape index (κ3) is 3.84. The lowest BCUT2D eigenvalue weighted by Gasteiger charge is -2.20. The van der Waals surface area contributed by atoms with Crippen LogP contribution in [0.15, 0.2) is 41.3 Å². The first-order valence-electron chi connectivity index (χ1n) is 8.63. The summed E-state index contributed by atoms with van der Waals surface area (Å²) in [6.45, 7) is 0.530. The van der Waals surface area contributed by atoms with Crippen LogP contribution in [0.4, 0.5) is 11.4 Å². The SMILES string of the molecule is COc1ccc(NS(=O)(=O)c2ccc(OC)c(N3CCCC3=O)c2)cc1OC. The molecule has 1 N–H and O–H groups in total. The normalized spacial score (nSPS) is 14.1. The van der Waals surface area contributed by atoms with E-state index in [4.69, 9.17) is 14.2 Å². The number of rotatable bonds is 7. The quantitative estimate of drug-likeness (QED) is 0.760. The summed E-state index contributed by atoms with van der Waals surface area (Å²) in [5, 5.41) is 0. The van der Waals surface area contributed by atoms with Crippen molar-refractivity contribution in [3.05, 3.63) is 36.4 Å². The van der Waals surface area contributed by atoms with E-state index in [0.29, 0.717) is 41.6 Å². The highest BCUT2D eigenvalue weighted by atomic mass is 32.2. The molecule has 2 aromatic rings. The van der Waals surface area contributed by atoms with Gasteiger partial charge in [-0.05, 0) is 36.8 Å². The number of carbonyl (C=O) groups excluding carboxylic acids is 1. The lowest BCUT2D eigenvalue weighted by Crippen LogP contribution is -2.24. The zero-order chi connectivity index (χ0) is 20.3. The molecule has 3 rings (SSSR count). The van der Waals surface area contributed by atoms with Crippen LogP contribution in [0.2, 0.25) is 0 Å². The van der Waals surface area contributed by atoms with Gasteiger partial charge in [0.1, 0.15) is 5.75 Å². The number of amides is 1. The van der Waals surface area contributed by atoms with Crippen molar-refractivity contribution in [2.75, 3.05) is 37.5 Å². The number of benzene rings is 2. The van der Waals surface area contributed by atoms with Crippen molar-refractivity contribution in [1.82, 2.24) is 0 Å². The van der Waals surface area contributed by atoms with Crippen molar-refractivity contribution in [2.24, 2.45) is 0 Å². The van der Waals surface area contributed by atoms with E-state index >= 15 is 0 Å². The minimum atomic E-state index is -3.89. The highest BCUT2D eigenvalue weighted by Gasteiger charge is 2.26. The number of nitrogens with one attached hydrogen (secondary N) is 1. The molecule has 0 spiro atoms. The molecular weight excluding hydrogens is 384 g/mol. The topological polar surface area (TPSA) is 94.2 Å². The summed E-state index contributed by atoms with van der Waals surface area (Å²) in [5.41, 5.74) is 0.771. The Bertz CT molecular complexity index is 990. The Balaban J connectivity index is 1.95. The second kappa shape index (κ2) is 7.97. The zero-order valence-corrected chi connectivity index (χ0v) is 16.7. The molecule has 1 aliphatic heterocycles. The molecule has 1 aliphatic rings. The molecule has 1 heterocycles. The molecule has 0 atom stereocenters. The van der Waals surface area contributed by atoms with Crippen LogP contribution < -0.4 is 23.8 Å². The number of hydrogen-bond acceptors (Lipinski definition) is 6. The van der Waals surface area contributed by atoms with E-state index < -0.39 is 10.0 Å². The maximum absolute atomic E-state index is 12.9. The summed E-state index contributed by atoms with van der Waals surface area (Å²) in [7, 11) is 0.561. The Morgan fingerprint density at radius 1 is 0.929 bits per heavy atom. The molecule has 1 saturated heterocycles. The standard InChI is InChI=1S/C19H22N2O6S/c1-25-16-9-7-14(12-15(16)21-10-4-5-19(21)22)28(23,24)20-13-6-8-17(26-2)18(11-13)27-3/h6-9,11-12,20H,4-5,10H2,1-3H3. The highest BCUT2D eigenvalue weighted by Crippen LogP contribution is 2.35. The van der Waals surface area contributed by atoms with E-state index in [-0.39, 0.29) is 10.8 Å². The first kappa shape index (κ1) is 19.8. The minimum absolute atomic E-state index is 0.0257. The Labute approximate surface area is 164 Å². The van der Waals surface area contributed by atoms with Crippen LogP contribution in [0.3, 0.4) is 0 Å². The van der Waals surface area contributed by atoms with Gasteiger partial charge in [0, 0.05) is 19.0 Å². The monoisotopic (exact) mass is 406 g/mol. The molecule has 9 heteroatoms. The van der Waals surface area contributed by atoms with Crippen LogP contribution in [0, 0.1) is 0 Å². The fourth-order valence-corrected chi connectivity index (χ4v) is 4.13. The number of nitrogens with zero attached hydrogens (tertiary/aromatic N) is 1. The van der Waals surface area contributed by atoms with Crippen LogP contribution in [-0.4, -0.2) is 42.2 Å². The van der Waals surface area contributed by atoms with Crippen LogP contribution in [-0.2, 0) is 14.8 Å². The van der Waals surface area contributed by atoms with E-state index in [1.807, 2.05) is 0 Å². The van der Waals surface area contributed by atoms with Crippen LogP contribution in [0.5, 0.6) is 17.2 Å². The number of carbonyl (C=O) groups is 1. The van der Waals surface area contributed by atoms with E-state index in [2.05, 4.69) is 4.72 Å². The first-order valence-corrected chi connectivity index (χ1v) is 10.1. The van der Waals surface area contributed by atoms with Crippen molar-refractivity contribution in [2.45, 2.75) is 17.7 Å². The third-order valence-electron chi connectivity index (χ3n) is 4.46. The van der Waals surface area contributed by atoms with Crippen molar-refractivity contribution in [1.29, 1.82) is 0 Å². The molecule has 150 valence electrons. The predicted molar refractivity (Wildman–Crippen MR) is 105 cm³/mol. The summed E-state index contributed by atoms with van der Waals surface area (Å²) in [5.74, 6) is 1.28. The smallest absolute Gasteiger partial charge is 0.261 e. The fourth-order valence-electron chi connectivity index (χ4n) is 3.06. The van der Waals surface area contributed by atoms with Crippen molar-refractivity contribution in [3.63, 3.8) is 0 Å². The van der Waals surface area contributed by atoms with E-state index in [1.54, 1.807) is 23.1 Å². The Morgan fingerprint density at radius 3 is 2.21 bits per heavy atom. The zero-order valence-electron chi connectivity index (χ0n) is 15.9. The summed E-state index contributed by atoms with van der Waals surface area (Å²) in [4.78, 5) is 13.7. The summed E-state index contributed by atoms with van der Waals surface area (Å²) < 4.78 is 43.9. The van der Waals surface area contributed by atoms with Gasteiger partial charge in [0.15, 0.2) is 11.5 Å². The predicted octanol–water partition coefficient (Wildman–Crippen LogP) is 2.64. The molecule has 0 saturated carbocycles. The van der Waals surface area contributed by atoms with Crippen LogP contribution in [0.1, 0.15) is 12.8 Å². The van der Waals surface area contributed by atoms with Crippen molar-refractivity contribution >= 4 is 27.3 Å². The highest BCUT2D eigenvalue weighted by molar-refractivity contribution is 7.92. The molecule has 1 fully saturated rings. The molecule has 0 bridgehead atoms. The van der Waals surface area contributed by atoms with Crippen LogP contribution in [0.25, 0.3) is 0 Å². The molecule has 0 radical (unpaired) electrons.